The van der Waals surface area contributed by atoms with Crippen LogP contribution in [0.5, 0.6) is 0 Å². The fourth-order valence-electron chi connectivity index (χ4n) is 6.15. The number of rotatable bonds is 13. The molecule has 4 aromatic carbocycles. The maximum absolute atomic E-state index is 14.1. The largest absolute Gasteiger partial charge is 0.453 e. The Morgan fingerprint density at radius 2 is 1.40 bits per heavy atom. The fraction of sp³-hybridized carbons (Fsp3) is 0.316. The van der Waals surface area contributed by atoms with E-state index in [-0.39, 0.29) is 24.2 Å². The number of anilines is 1. The molecule has 7 heteroatoms. The number of para-hydroxylation sites is 1. The lowest BCUT2D eigenvalue weighted by Gasteiger charge is -2.31. The first-order valence-corrected chi connectivity index (χ1v) is 15.7. The number of hydrogen-bond donors (Lipinski definition) is 3. The second-order valence-corrected chi connectivity index (χ2v) is 11.7. The molecule has 0 spiro atoms. The Hall–Kier alpha value is -4.46. The predicted octanol–water partition coefficient (Wildman–Crippen LogP) is 5.86. The van der Waals surface area contributed by atoms with Gasteiger partial charge in [-0.05, 0) is 59.6 Å². The summed E-state index contributed by atoms with van der Waals surface area (Å²) in [7, 11) is 1.32. The van der Waals surface area contributed by atoms with Gasteiger partial charge in [-0.3, -0.25) is 4.79 Å². The summed E-state index contributed by atoms with van der Waals surface area (Å²) in [5.74, 6) is -0.456. The zero-order chi connectivity index (χ0) is 31.4. The Morgan fingerprint density at radius 3 is 2.00 bits per heavy atom. The molecule has 3 atom stereocenters. The van der Waals surface area contributed by atoms with Gasteiger partial charge in [-0.2, -0.15) is 0 Å². The maximum atomic E-state index is 14.1. The molecule has 1 fully saturated rings. The second-order valence-electron chi connectivity index (χ2n) is 11.7. The quantitative estimate of drug-likeness (QED) is 0.165. The number of aryl methyl sites for hydroxylation is 2. The van der Waals surface area contributed by atoms with Crippen LogP contribution in [0.2, 0.25) is 0 Å². The van der Waals surface area contributed by atoms with E-state index >= 15 is 0 Å². The molecule has 0 radical (unpaired) electrons. The Labute approximate surface area is 266 Å². The van der Waals surface area contributed by atoms with Crippen LogP contribution in [0.1, 0.15) is 46.6 Å². The lowest BCUT2D eigenvalue weighted by Crippen LogP contribution is -2.46. The lowest BCUT2D eigenvalue weighted by molar-refractivity contribution is -0.120. The molecular formula is C38H43N3O4. The lowest BCUT2D eigenvalue weighted by atomic mass is 9.81. The zero-order valence-electron chi connectivity index (χ0n) is 25.9. The van der Waals surface area contributed by atoms with Crippen LogP contribution in [0, 0.1) is 0 Å². The Bertz CT molecular complexity index is 1480. The van der Waals surface area contributed by atoms with E-state index in [1.807, 2.05) is 97.1 Å². The summed E-state index contributed by atoms with van der Waals surface area (Å²) in [6, 6.07) is 35.2. The molecule has 1 heterocycles. The normalized spacial score (nSPS) is 17.0. The van der Waals surface area contributed by atoms with Crippen molar-refractivity contribution in [2.24, 2.45) is 0 Å². The molecular weight excluding hydrogens is 562 g/mol. The first-order valence-electron chi connectivity index (χ1n) is 15.7. The van der Waals surface area contributed by atoms with Crippen molar-refractivity contribution in [3.05, 3.63) is 137 Å². The second kappa shape index (κ2) is 16.0. The van der Waals surface area contributed by atoms with E-state index in [0.717, 1.165) is 60.2 Å². The van der Waals surface area contributed by atoms with Crippen molar-refractivity contribution >= 4 is 17.6 Å². The summed E-state index contributed by atoms with van der Waals surface area (Å²) >= 11 is 0. The van der Waals surface area contributed by atoms with E-state index in [1.54, 1.807) is 0 Å². The predicted molar refractivity (Wildman–Crippen MR) is 178 cm³/mol. The minimum Gasteiger partial charge on any atom is -0.453 e. The summed E-state index contributed by atoms with van der Waals surface area (Å²) in [5.41, 5.74) is 12.1. The Morgan fingerprint density at radius 1 is 0.822 bits per heavy atom. The summed E-state index contributed by atoms with van der Waals surface area (Å²) in [5, 5.41) is 6.52. The van der Waals surface area contributed by atoms with Crippen LogP contribution in [-0.2, 0) is 33.5 Å². The third-order valence-corrected chi connectivity index (χ3v) is 8.66. The highest BCUT2D eigenvalue weighted by Gasteiger charge is 2.33. The van der Waals surface area contributed by atoms with Crippen LogP contribution in [0.4, 0.5) is 10.5 Å². The van der Waals surface area contributed by atoms with Gasteiger partial charge in [0.25, 0.3) is 0 Å². The maximum Gasteiger partial charge on any atom is 0.407 e. The summed E-state index contributed by atoms with van der Waals surface area (Å²) in [6.45, 7) is 1.45. The van der Waals surface area contributed by atoms with Crippen molar-refractivity contribution in [1.29, 1.82) is 0 Å². The number of nitrogens with one attached hydrogen (secondary N) is 2. The van der Waals surface area contributed by atoms with Crippen LogP contribution in [0.3, 0.4) is 0 Å². The number of benzene rings is 4. The first-order chi connectivity index (χ1) is 22.0. The van der Waals surface area contributed by atoms with Gasteiger partial charge in [0.15, 0.2) is 5.78 Å². The molecule has 0 saturated carbocycles. The third kappa shape index (κ3) is 8.81. The summed E-state index contributed by atoms with van der Waals surface area (Å²) < 4.78 is 11.2. The van der Waals surface area contributed by atoms with Gasteiger partial charge in [-0.25, -0.2) is 4.79 Å². The number of methoxy groups -OCH3 is 1. The molecule has 4 aromatic rings. The molecule has 0 aromatic heterocycles. The molecule has 1 saturated heterocycles. The van der Waals surface area contributed by atoms with Crippen molar-refractivity contribution in [2.75, 3.05) is 26.0 Å². The van der Waals surface area contributed by atoms with Gasteiger partial charge in [0.05, 0.1) is 19.8 Å². The molecule has 1 aliphatic heterocycles. The number of nitrogens with two attached hydrogens (primary N) is 1. The molecule has 45 heavy (non-hydrogen) atoms. The topological polar surface area (TPSA) is 103 Å². The van der Waals surface area contributed by atoms with Crippen molar-refractivity contribution < 1.29 is 19.1 Å². The van der Waals surface area contributed by atoms with Crippen LogP contribution in [0.25, 0.3) is 0 Å². The van der Waals surface area contributed by atoms with Gasteiger partial charge in [0.1, 0.15) is 6.04 Å². The molecule has 5 rings (SSSR count). The molecule has 0 bridgehead atoms. The highest BCUT2D eigenvalue weighted by atomic mass is 16.5. The number of ketones is 1. The number of Topliss-reactive ketones (excluding diaryl/α,β-unsaturated/α-hetero) is 1. The number of amides is 1. The van der Waals surface area contributed by atoms with Gasteiger partial charge in [-0.1, -0.05) is 103 Å². The monoisotopic (exact) mass is 605 g/mol. The molecule has 7 nitrogen and oxygen atoms in total. The Kier molecular flexibility index (Phi) is 11.4. The van der Waals surface area contributed by atoms with E-state index in [1.165, 1.54) is 12.7 Å². The highest BCUT2D eigenvalue weighted by Crippen LogP contribution is 2.30. The minimum absolute atomic E-state index is 0.0805. The number of ether oxygens (including phenoxy) is 2. The SMILES string of the molecule is COC(=O)N[C@H](C(=O)Cc1ccccc1CC[C@@H]1CN[C@H](CCc2ccccc2N)CO1)C(c1ccccc1)c1ccccc1. The van der Waals surface area contributed by atoms with Crippen molar-refractivity contribution in [2.45, 2.75) is 56.2 Å². The van der Waals surface area contributed by atoms with Crippen LogP contribution in [-0.4, -0.2) is 50.3 Å². The first kappa shape index (κ1) is 31.9. The molecule has 1 aliphatic rings. The fourth-order valence-corrected chi connectivity index (χ4v) is 6.15. The van der Waals surface area contributed by atoms with Gasteiger partial charge in [0.2, 0.25) is 0 Å². The Balaban J connectivity index is 1.24. The number of hydrogen-bond acceptors (Lipinski definition) is 6. The highest BCUT2D eigenvalue weighted by molar-refractivity contribution is 5.91. The van der Waals surface area contributed by atoms with Crippen molar-refractivity contribution in [3.63, 3.8) is 0 Å². The summed E-state index contributed by atoms with van der Waals surface area (Å²) in [4.78, 5) is 26.6. The third-order valence-electron chi connectivity index (χ3n) is 8.66. The van der Waals surface area contributed by atoms with E-state index in [0.29, 0.717) is 12.6 Å². The molecule has 0 unspecified atom stereocenters. The van der Waals surface area contributed by atoms with Crippen LogP contribution < -0.4 is 16.4 Å². The molecule has 4 N–H and O–H groups in total. The summed E-state index contributed by atoms with van der Waals surface area (Å²) in [6.07, 6.45) is 3.18. The number of nitrogen functional groups attached to an aromatic ring is 1. The number of morpholine rings is 1. The van der Waals surface area contributed by atoms with Crippen molar-refractivity contribution in [3.8, 4) is 0 Å². The van der Waals surface area contributed by atoms with Gasteiger partial charge < -0.3 is 25.8 Å². The molecule has 0 aliphatic carbocycles. The van der Waals surface area contributed by atoms with Crippen molar-refractivity contribution in [1.82, 2.24) is 10.6 Å². The number of alkyl carbamates (subject to hydrolysis) is 1. The van der Waals surface area contributed by atoms with E-state index in [9.17, 15) is 9.59 Å². The van der Waals surface area contributed by atoms with E-state index in [4.69, 9.17) is 15.2 Å². The van der Waals surface area contributed by atoms with Gasteiger partial charge >= 0.3 is 6.09 Å². The van der Waals surface area contributed by atoms with Gasteiger partial charge in [-0.15, -0.1) is 0 Å². The minimum atomic E-state index is -0.815. The van der Waals surface area contributed by atoms with Crippen LogP contribution >= 0.6 is 0 Å². The number of carbonyl (C=O) groups excluding carboxylic acids is 2. The average molecular weight is 606 g/mol. The standard InChI is InChI=1S/C38H43N3O4/c1-44-38(43)41-37(36(29-14-4-2-5-15-29)30-16-6-3-7-17-30)35(42)24-31-18-9-8-12-27(31)21-23-33-25-40-32(26-45-33)22-20-28-13-10-11-19-34(28)39/h2-19,32-33,36-37,40H,20-26,39H2,1H3,(H,41,43)/t32-,33-,37-/m1/s1. The number of carbonyl (C=O) groups is 2. The van der Waals surface area contributed by atoms with E-state index in [2.05, 4.69) is 22.8 Å². The zero-order valence-corrected chi connectivity index (χ0v) is 25.9. The smallest absolute Gasteiger partial charge is 0.407 e. The average Bonchev–Trinajstić information content (AvgIpc) is 3.08. The van der Waals surface area contributed by atoms with Gasteiger partial charge in [0, 0.05) is 30.6 Å². The van der Waals surface area contributed by atoms with Crippen LogP contribution in [0.15, 0.2) is 109 Å². The molecule has 1 amide bonds. The van der Waals surface area contributed by atoms with E-state index < -0.39 is 12.1 Å². The molecule has 234 valence electrons.